The fraction of sp³-hybridized carbons (Fsp3) is 0.367. The van der Waals surface area contributed by atoms with Gasteiger partial charge in [-0.15, -0.1) is 0 Å². The molecule has 204 valence electrons. The first-order valence-corrected chi connectivity index (χ1v) is 14.1. The van der Waals surface area contributed by atoms with E-state index in [1.807, 2.05) is 6.08 Å². The molecule has 0 unspecified atom stereocenters. The third-order valence-electron chi connectivity index (χ3n) is 7.72. The lowest BCUT2D eigenvalue weighted by Crippen LogP contribution is -2.40. The van der Waals surface area contributed by atoms with E-state index < -0.39 is 0 Å². The molecular weight excluding hydrogens is 538 g/mol. The van der Waals surface area contributed by atoms with Gasteiger partial charge in [0, 0.05) is 30.1 Å². The third-order valence-corrected chi connectivity index (χ3v) is 8.26. The summed E-state index contributed by atoms with van der Waals surface area (Å²) in [4.78, 5) is 28.0. The molecule has 1 atom stereocenters. The van der Waals surface area contributed by atoms with Gasteiger partial charge < -0.3 is 10.2 Å². The number of nitrogens with zero attached hydrogens (tertiary/aromatic N) is 3. The van der Waals surface area contributed by atoms with Crippen LogP contribution in [0, 0.1) is 11.7 Å². The molecule has 0 radical (unpaired) electrons. The molecule has 9 heteroatoms. The number of hydrogen-bond acceptors (Lipinski definition) is 3. The number of aromatic nitrogens is 2. The van der Waals surface area contributed by atoms with Crippen LogP contribution in [0.15, 0.2) is 42.5 Å². The maximum Gasteiger partial charge on any atom is 0.272 e. The monoisotopic (exact) mass is 568 g/mol. The highest BCUT2D eigenvalue weighted by atomic mass is 35.5. The smallest absolute Gasteiger partial charge is 0.272 e. The summed E-state index contributed by atoms with van der Waals surface area (Å²) in [5.41, 5.74) is 3.68. The number of benzene rings is 2. The first-order chi connectivity index (χ1) is 18.7. The van der Waals surface area contributed by atoms with Gasteiger partial charge in [-0.05, 0) is 73.2 Å². The molecule has 1 saturated carbocycles. The number of nitrogens with one attached hydrogen (secondary N) is 1. The van der Waals surface area contributed by atoms with Crippen molar-refractivity contribution in [1.29, 1.82) is 0 Å². The van der Waals surface area contributed by atoms with E-state index in [1.165, 1.54) is 38.3 Å². The zero-order chi connectivity index (χ0) is 27.7. The van der Waals surface area contributed by atoms with Gasteiger partial charge >= 0.3 is 0 Å². The van der Waals surface area contributed by atoms with E-state index in [2.05, 4.69) is 12.2 Å². The molecule has 2 amide bonds. The maximum atomic E-state index is 13.7. The Hall–Kier alpha value is -3.16. The summed E-state index contributed by atoms with van der Waals surface area (Å²) in [6.07, 6.45) is 7.67. The van der Waals surface area contributed by atoms with Crippen molar-refractivity contribution in [2.75, 3.05) is 6.54 Å². The van der Waals surface area contributed by atoms with Crippen LogP contribution in [0.1, 0.15) is 73.3 Å². The Bertz CT molecular complexity index is 1430. The van der Waals surface area contributed by atoms with Crippen LogP contribution >= 0.6 is 23.2 Å². The van der Waals surface area contributed by atoms with E-state index in [0.717, 1.165) is 24.0 Å². The number of amides is 2. The summed E-state index contributed by atoms with van der Waals surface area (Å²) >= 11 is 12.8. The van der Waals surface area contributed by atoms with Gasteiger partial charge in [-0.1, -0.05) is 54.6 Å². The fourth-order valence-corrected chi connectivity index (χ4v) is 6.08. The average Bonchev–Trinajstić information content (AvgIpc) is 3.30. The van der Waals surface area contributed by atoms with Crippen LogP contribution in [0.3, 0.4) is 0 Å². The normalized spacial score (nSPS) is 17.7. The number of hydrogen-bond donors (Lipinski definition) is 1. The molecule has 5 rings (SSSR count). The van der Waals surface area contributed by atoms with E-state index >= 15 is 0 Å². The molecule has 2 aromatic carbocycles. The minimum absolute atomic E-state index is 0.000511. The van der Waals surface area contributed by atoms with Crippen LogP contribution in [0.5, 0.6) is 0 Å². The van der Waals surface area contributed by atoms with Crippen LogP contribution in [-0.4, -0.2) is 39.1 Å². The molecule has 0 spiro atoms. The van der Waals surface area contributed by atoms with E-state index in [9.17, 15) is 14.0 Å². The Labute approximate surface area is 237 Å². The largest absolute Gasteiger partial charge is 0.348 e. The SMILES string of the molecule is CC(=O)N1CC(=Cc2ccc(F)cc2)c2c(c(C(=O)N[C@H](C)C3CCCCC3)nn2-c2ccc(Cl)cc2Cl)C1. The zero-order valence-electron chi connectivity index (χ0n) is 22.0. The summed E-state index contributed by atoms with van der Waals surface area (Å²) in [5, 5.41) is 8.84. The second-order valence-electron chi connectivity index (χ2n) is 10.4. The van der Waals surface area contributed by atoms with Gasteiger partial charge in [0.15, 0.2) is 5.69 Å². The number of rotatable bonds is 5. The predicted molar refractivity (Wildman–Crippen MR) is 152 cm³/mol. The Balaban J connectivity index is 1.64. The standard InChI is InChI=1S/C30H31Cl2FN4O2/c1-18(21-6-4-3-5-7-21)34-30(39)28-25-17-36(19(2)38)16-22(14-20-8-11-24(33)12-9-20)29(25)37(35-28)27-13-10-23(31)15-26(27)32/h8-15,18,21H,3-7,16-17H2,1-2H3,(H,34,39)/t18-/m1/s1. The van der Waals surface area contributed by atoms with Crippen molar-refractivity contribution in [2.45, 2.75) is 58.5 Å². The minimum Gasteiger partial charge on any atom is -0.348 e. The lowest BCUT2D eigenvalue weighted by atomic mass is 9.84. The Morgan fingerprint density at radius 2 is 1.79 bits per heavy atom. The summed E-state index contributed by atoms with van der Waals surface area (Å²) in [6, 6.07) is 11.2. The van der Waals surface area contributed by atoms with Crippen molar-refractivity contribution in [3.8, 4) is 5.69 Å². The molecule has 1 fully saturated rings. The molecule has 1 N–H and O–H groups in total. The van der Waals surface area contributed by atoms with Crippen LogP contribution in [0.4, 0.5) is 4.39 Å². The zero-order valence-corrected chi connectivity index (χ0v) is 23.5. The summed E-state index contributed by atoms with van der Waals surface area (Å²) in [6.45, 7) is 4.09. The van der Waals surface area contributed by atoms with Crippen LogP contribution in [0.25, 0.3) is 17.3 Å². The molecule has 1 aliphatic heterocycles. The quantitative estimate of drug-likeness (QED) is 0.363. The first-order valence-electron chi connectivity index (χ1n) is 13.3. The van der Waals surface area contributed by atoms with Crippen molar-refractivity contribution >= 4 is 46.7 Å². The van der Waals surface area contributed by atoms with E-state index in [4.69, 9.17) is 28.3 Å². The molecule has 0 saturated heterocycles. The summed E-state index contributed by atoms with van der Waals surface area (Å²) in [5.74, 6) is -0.311. The van der Waals surface area contributed by atoms with Gasteiger partial charge in [-0.3, -0.25) is 9.59 Å². The van der Waals surface area contributed by atoms with Crippen molar-refractivity contribution < 1.29 is 14.0 Å². The van der Waals surface area contributed by atoms with Gasteiger partial charge in [0.1, 0.15) is 5.82 Å². The van der Waals surface area contributed by atoms with E-state index in [-0.39, 0.29) is 35.9 Å². The third kappa shape index (κ3) is 5.89. The molecule has 39 heavy (non-hydrogen) atoms. The fourth-order valence-electron chi connectivity index (χ4n) is 5.59. The lowest BCUT2D eigenvalue weighted by Gasteiger charge is -2.30. The number of halogens is 3. The second-order valence-corrected chi connectivity index (χ2v) is 11.3. The molecule has 3 aromatic rings. The second kappa shape index (κ2) is 11.5. The number of carbonyl (C=O) groups is 2. The molecule has 0 bridgehead atoms. The maximum absolute atomic E-state index is 13.7. The average molecular weight is 570 g/mol. The van der Waals surface area contributed by atoms with Crippen LogP contribution in [0.2, 0.25) is 10.0 Å². The van der Waals surface area contributed by atoms with Crippen molar-refractivity contribution in [1.82, 2.24) is 20.0 Å². The van der Waals surface area contributed by atoms with Gasteiger partial charge in [-0.25, -0.2) is 9.07 Å². The van der Waals surface area contributed by atoms with E-state index in [0.29, 0.717) is 39.5 Å². The Morgan fingerprint density at radius 3 is 2.46 bits per heavy atom. The van der Waals surface area contributed by atoms with Crippen LogP contribution < -0.4 is 5.32 Å². The van der Waals surface area contributed by atoms with E-state index in [1.54, 1.807) is 39.9 Å². The Morgan fingerprint density at radius 1 is 1.08 bits per heavy atom. The highest BCUT2D eigenvalue weighted by Crippen LogP contribution is 2.36. The highest BCUT2D eigenvalue weighted by Gasteiger charge is 2.34. The topological polar surface area (TPSA) is 67.2 Å². The first kappa shape index (κ1) is 27.4. The van der Waals surface area contributed by atoms with Crippen molar-refractivity contribution in [3.05, 3.63) is 80.8 Å². The Kier molecular flexibility index (Phi) is 8.10. The van der Waals surface area contributed by atoms with Crippen molar-refractivity contribution in [3.63, 3.8) is 0 Å². The summed E-state index contributed by atoms with van der Waals surface area (Å²) < 4.78 is 15.3. The van der Waals surface area contributed by atoms with Crippen LogP contribution in [-0.2, 0) is 11.3 Å². The predicted octanol–water partition coefficient (Wildman–Crippen LogP) is 6.92. The highest BCUT2D eigenvalue weighted by molar-refractivity contribution is 6.35. The lowest BCUT2D eigenvalue weighted by molar-refractivity contribution is -0.128. The minimum atomic E-state index is -0.337. The molecule has 1 aromatic heterocycles. The number of fused-ring (bicyclic) bond motifs is 1. The van der Waals surface area contributed by atoms with Gasteiger partial charge in [0.25, 0.3) is 5.91 Å². The van der Waals surface area contributed by atoms with Gasteiger partial charge in [0.2, 0.25) is 5.91 Å². The molecular formula is C30H31Cl2FN4O2. The molecule has 2 aliphatic rings. The molecule has 1 aliphatic carbocycles. The number of carbonyl (C=O) groups excluding carboxylic acids is 2. The van der Waals surface area contributed by atoms with Crippen molar-refractivity contribution in [2.24, 2.45) is 5.92 Å². The van der Waals surface area contributed by atoms with Gasteiger partial charge in [-0.2, -0.15) is 5.10 Å². The molecule has 6 nitrogen and oxygen atoms in total. The van der Waals surface area contributed by atoms with Gasteiger partial charge in [0.05, 0.1) is 22.9 Å². The summed E-state index contributed by atoms with van der Waals surface area (Å²) in [7, 11) is 0. The molecule has 2 heterocycles.